The van der Waals surface area contributed by atoms with Gasteiger partial charge >= 0.3 is 5.97 Å². The fourth-order valence-electron chi connectivity index (χ4n) is 5.69. The second kappa shape index (κ2) is 11.3. The third kappa shape index (κ3) is 5.68. The third-order valence-corrected chi connectivity index (χ3v) is 8.02. The van der Waals surface area contributed by atoms with Crippen molar-refractivity contribution >= 4 is 11.9 Å². The molecule has 38 heavy (non-hydrogen) atoms. The smallest absolute Gasteiger partial charge is 0.336 e. The first-order valence-electron chi connectivity index (χ1n) is 13.2. The summed E-state index contributed by atoms with van der Waals surface area (Å²) in [5.41, 5.74) is 1.83. The average Bonchev–Trinajstić information content (AvgIpc) is 2.95. The molecule has 5 rings (SSSR count). The van der Waals surface area contributed by atoms with Crippen LogP contribution >= 0.6 is 0 Å². The van der Waals surface area contributed by atoms with Crippen LogP contribution in [-0.2, 0) is 6.54 Å². The maximum atomic E-state index is 13.1. The molecule has 2 heterocycles. The molecule has 0 atom stereocenters. The van der Waals surface area contributed by atoms with Gasteiger partial charge in [0.25, 0.3) is 5.91 Å². The number of carboxylic acids is 1. The lowest BCUT2D eigenvalue weighted by molar-refractivity contribution is 0.0283. The maximum absolute atomic E-state index is 13.1. The number of hydrogen-bond acceptors (Lipinski definition) is 5. The summed E-state index contributed by atoms with van der Waals surface area (Å²) >= 11 is 0. The normalized spacial score (nSPS) is 17.2. The van der Waals surface area contributed by atoms with Gasteiger partial charge in [-0.05, 0) is 86.1 Å². The van der Waals surface area contributed by atoms with Gasteiger partial charge in [-0.15, -0.1) is 0 Å². The monoisotopic (exact) mass is 514 g/mol. The molecule has 7 heteroatoms. The number of carbonyl (C=O) groups is 2. The van der Waals surface area contributed by atoms with E-state index in [0.29, 0.717) is 24.6 Å². The van der Waals surface area contributed by atoms with Crippen LogP contribution in [0.5, 0.6) is 17.2 Å². The number of nitrogens with zero attached hydrogens (tertiary/aromatic N) is 2. The predicted molar refractivity (Wildman–Crippen MR) is 145 cm³/mol. The summed E-state index contributed by atoms with van der Waals surface area (Å²) in [6, 6.07) is 22.4. The van der Waals surface area contributed by atoms with Gasteiger partial charge < -0.3 is 19.5 Å². The highest BCUT2D eigenvalue weighted by molar-refractivity contribution is 6.04. The Morgan fingerprint density at radius 1 is 0.816 bits per heavy atom. The van der Waals surface area contributed by atoms with Gasteiger partial charge in [0.15, 0.2) is 11.5 Å². The molecule has 1 amide bonds. The Hall–Kier alpha value is -3.84. The van der Waals surface area contributed by atoms with Gasteiger partial charge in [0, 0.05) is 19.6 Å². The topological polar surface area (TPSA) is 79.3 Å². The quantitative estimate of drug-likeness (QED) is 0.436. The summed E-state index contributed by atoms with van der Waals surface area (Å²) in [5.74, 6) is 0.959. The zero-order valence-electron chi connectivity index (χ0n) is 21.8. The van der Waals surface area contributed by atoms with E-state index in [0.717, 1.165) is 51.1 Å². The first-order chi connectivity index (χ1) is 18.5. The fourth-order valence-corrected chi connectivity index (χ4v) is 5.69. The van der Waals surface area contributed by atoms with Crippen molar-refractivity contribution in [2.75, 3.05) is 33.3 Å². The number of aromatic carboxylic acids is 1. The summed E-state index contributed by atoms with van der Waals surface area (Å²) in [4.78, 5) is 28.9. The number of ether oxygens (including phenoxy) is 2. The fraction of sp³-hybridized carbons (Fsp3) is 0.355. The van der Waals surface area contributed by atoms with Crippen molar-refractivity contribution in [1.82, 2.24) is 9.80 Å². The van der Waals surface area contributed by atoms with Gasteiger partial charge in [-0.25, -0.2) is 4.79 Å². The SMILES string of the molecule is COc1ccccc1Oc1cccc(CN2CCC3(CC2)CCN(C(=O)c2ccccc2C(=O)O)CC3)c1. The minimum absolute atomic E-state index is 0.0727. The second-order valence-electron chi connectivity index (χ2n) is 10.3. The molecule has 0 radical (unpaired) electrons. The molecule has 198 valence electrons. The number of likely N-dealkylation sites (tertiary alicyclic amines) is 2. The molecule has 7 nitrogen and oxygen atoms in total. The molecule has 0 bridgehead atoms. The van der Waals surface area contributed by atoms with E-state index in [1.54, 1.807) is 25.3 Å². The molecule has 1 spiro atoms. The van der Waals surface area contributed by atoms with Crippen LogP contribution in [0.2, 0.25) is 0 Å². The highest BCUT2D eigenvalue weighted by atomic mass is 16.5. The Labute approximate surface area is 223 Å². The first-order valence-corrected chi connectivity index (χ1v) is 13.2. The molecule has 0 aliphatic carbocycles. The summed E-state index contributed by atoms with van der Waals surface area (Å²) in [6.45, 7) is 4.26. The van der Waals surface area contributed by atoms with E-state index in [2.05, 4.69) is 17.0 Å². The zero-order chi connectivity index (χ0) is 26.5. The van der Waals surface area contributed by atoms with Crippen molar-refractivity contribution < 1.29 is 24.2 Å². The van der Waals surface area contributed by atoms with Crippen LogP contribution in [0.25, 0.3) is 0 Å². The van der Waals surface area contributed by atoms with E-state index < -0.39 is 5.97 Å². The van der Waals surface area contributed by atoms with Crippen LogP contribution < -0.4 is 9.47 Å². The predicted octanol–water partition coefficient (Wildman–Crippen LogP) is 5.70. The van der Waals surface area contributed by atoms with Crippen molar-refractivity contribution in [2.24, 2.45) is 5.41 Å². The number of para-hydroxylation sites is 2. The molecule has 2 saturated heterocycles. The van der Waals surface area contributed by atoms with Gasteiger partial charge in [-0.1, -0.05) is 36.4 Å². The Kier molecular flexibility index (Phi) is 7.65. The van der Waals surface area contributed by atoms with E-state index in [-0.39, 0.29) is 22.4 Å². The van der Waals surface area contributed by atoms with Gasteiger partial charge in [0.05, 0.1) is 18.2 Å². The lowest BCUT2D eigenvalue weighted by Crippen LogP contribution is -2.48. The van der Waals surface area contributed by atoms with Crippen molar-refractivity contribution in [2.45, 2.75) is 32.2 Å². The van der Waals surface area contributed by atoms with Crippen LogP contribution in [0.4, 0.5) is 0 Å². The highest BCUT2D eigenvalue weighted by Crippen LogP contribution is 2.42. The Balaban J connectivity index is 1.14. The van der Waals surface area contributed by atoms with Crippen molar-refractivity contribution in [3.05, 3.63) is 89.5 Å². The number of hydrogen-bond donors (Lipinski definition) is 1. The first kappa shape index (κ1) is 25.8. The van der Waals surface area contributed by atoms with Gasteiger partial charge in [0.2, 0.25) is 0 Å². The zero-order valence-corrected chi connectivity index (χ0v) is 21.8. The highest BCUT2D eigenvalue weighted by Gasteiger charge is 2.39. The van der Waals surface area contributed by atoms with E-state index in [1.165, 1.54) is 11.6 Å². The molecule has 3 aromatic carbocycles. The molecule has 2 aliphatic heterocycles. The van der Waals surface area contributed by atoms with Crippen molar-refractivity contribution in [1.29, 1.82) is 0 Å². The van der Waals surface area contributed by atoms with Gasteiger partial charge in [-0.2, -0.15) is 0 Å². The molecule has 0 aromatic heterocycles. The number of benzene rings is 3. The summed E-state index contributed by atoms with van der Waals surface area (Å²) in [6.07, 6.45) is 4.14. The van der Waals surface area contributed by atoms with E-state index in [4.69, 9.17) is 9.47 Å². The molecule has 1 N–H and O–H groups in total. The summed E-state index contributed by atoms with van der Waals surface area (Å²) in [5, 5.41) is 9.46. The van der Waals surface area contributed by atoms with Crippen LogP contribution in [0.15, 0.2) is 72.8 Å². The van der Waals surface area contributed by atoms with Crippen LogP contribution in [0.1, 0.15) is 52.0 Å². The Bertz CT molecular complexity index is 1290. The molecule has 0 saturated carbocycles. The van der Waals surface area contributed by atoms with E-state index >= 15 is 0 Å². The van der Waals surface area contributed by atoms with Crippen LogP contribution in [-0.4, -0.2) is 60.1 Å². The minimum Gasteiger partial charge on any atom is -0.493 e. The molecule has 2 fully saturated rings. The molecular weight excluding hydrogens is 480 g/mol. The lowest BCUT2D eigenvalue weighted by Gasteiger charge is -2.47. The number of rotatable bonds is 7. The average molecular weight is 515 g/mol. The van der Waals surface area contributed by atoms with Crippen LogP contribution in [0, 0.1) is 5.41 Å². The summed E-state index contributed by atoms with van der Waals surface area (Å²) < 4.78 is 11.5. The Morgan fingerprint density at radius 3 is 2.13 bits per heavy atom. The second-order valence-corrected chi connectivity index (χ2v) is 10.3. The standard InChI is InChI=1S/C31H34N2O5/c1-37-27-11-4-5-12-28(27)38-24-8-6-7-23(21-24)22-32-17-13-31(14-18-32)15-19-33(20-16-31)29(34)25-9-2-3-10-26(25)30(35)36/h2-12,21H,13-20,22H2,1H3,(H,35,36). The van der Waals surface area contributed by atoms with Crippen molar-refractivity contribution in [3.63, 3.8) is 0 Å². The molecule has 3 aromatic rings. The number of piperidine rings is 2. The van der Waals surface area contributed by atoms with Gasteiger partial charge in [0.1, 0.15) is 5.75 Å². The molecule has 2 aliphatic rings. The van der Waals surface area contributed by atoms with E-state index in [1.807, 2.05) is 41.3 Å². The largest absolute Gasteiger partial charge is 0.493 e. The molecular formula is C31H34N2O5. The number of methoxy groups -OCH3 is 1. The Morgan fingerprint density at radius 2 is 1.45 bits per heavy atom. The lowest BCUT2D eigenvalue weighted by atomic mass is 9.71. The minimum atomic E-state index is -1.06. The number of carboxylic acid groups (broad SMARTS) is 1. The molecule has 0 unspecified atom stereocenters. The van der Waals surface area contributed by atoms with Crippen LogP contribution in [0.3, 0.4) is 0 Å². The summed E-state index contributed by atoms with van der Waals surface area (Å²) in [7, 11) is 1.64. The number of carbonyl (C=O) groups excluding carboxylic acids is 1. The van der Waals surface area contributed by atoms with Gasteiger partial charge in [-0.3, -0.25) is 9.69 Å². The maximum Gasteiger partial charge on any atom is 0.336 e. The third-order valence-electron chi connectivity index (χ3n) is 8.02. The number of amides is 1. The van der Waals surface area contributed by atoms with Crippen molar-refractivity contribution in [3.8, 4) is 17.2 Å². The van der Waals surface area contributed by atoms with E-state index in [9.17, 15) is 14.7 Å².